The van der Waals surface area contributed by atoms with Crippen molar-refractivity contribution in [3.05, 3.63) is 47.9 Å². The molecule has 3 heteroatoms. The van der Waals surface area contributed by atoms with Crippen molar-refractivity contribution in [1.82, 2.24) is 4.98 Å². The number of benzene rings is 1. The van der Waals surface area contributed by atoms with Crippen LogP contribution in [0.4, 0.5) is 4.39 Å². The van der Waals surface area contributed by atoms with Gasteiger partial charge in [-0.1, -0.05) is 0 Å². The molecule has 0 bridgehead atoms. The van der Waals surface area contributed by atoms with Crippen molar-refractivity contribution in [2.75, 3.05) is 0 Å². The summed E-state index contributed by atoms with van der Waals surface area (Å²) in [5.41, 5.74) is 2.69. The van der Waals surface area contributed by atoms with Gasteiger partial charge in [-0.3, -0.25) is 0 Å². The first-order valence-electron chi connectivity index (χ1n) is 7.53. The van der Waals surface area contributed by atoms with Crippen molar-refractivity contribution >= 4 is 17.7 Å². The molecule has 0 aliphatic rings. The number of nitrogens with zero attached hydrogens (tertiary/aromatic N) is 1. The third-order valence-electron chi connectivity index (χ3n) is 3.58. The van der Waals surface area contributed by atoms with Crippen molar-refractivity contribution in [1.29, 1.82) is 0 Å². The molecule has 0 unspecified atom stereocenters. The summed E-state index contributed by atoms with van der Waals surface area (Å²) >= 11 is -1.96. The van der Waals surface area contributed by atoms with E-state index in [0.717, 1.165) is 12.1 Å². The van der Waals surface area contributed by atoms with Crippen LogP contribution in [-0.2, 0) is 6.42 Å². The Morgan fingerprint density at radius 2 is 1.81 bits per heavy atom. The average molecular weight is 346 g/mol. The van der Waals surface area contributed by atoms with Crippen LogP contribution in [0.3, 0.4) is 0 Å². The third kappa shape index (κ3) is 3.94. The molecule has 1 aromatic carbocycles. The Balaban J connectivity index is 2.54. The Morgan fingerprint density at radius 1 is 1.14 bits per heavy atom. The molecule has 0 radical (unpaired) electrons. The maximum absolute atomic E-state index is 14.0. The van der Waals surface area contributed by atoms with Crippen molar-refractivity contribution in [3.8, 4) is 11.3 Å². The quantitative estimate of drug-likeness (QED) is 0.736. The van der Waals surface area contributed by atoms with Crippen LogP contribution >= 0.6 is 0 Å². The van der Waals surface area contributed by atoms with Crippen LogP contribution < -0.4 is 4.40 Å². The van der Waals surface area contributed by atoms with E-state index in [1.165, 1.54) is 16.0 Å². The van der Waals surface area contributed by atoms with Crippen LogP contribution in [0.1, 0.15) is 19.4 Å². The molecule has 0 N–H and O–H groups in total. The van der Waals surface area contributed by atoms with Gasteiger partial charge in [0.25, 0.3) is 0 Å². The van der Waals surface area contributed by atoms with Crippen molar-refractivity contribution < 1.29 is 4.39 Å². The van der Waals surface area contributed by atoms with Gasteiger partial charge in [0.2, 0.25) is 0 Å². The summed E-state index contributed by atoms with van der Waals surface area (Å²) < 4.78 is 15.4. The topological polar surface area (TPSA) is 12.9 Å². The minimum atomic E-state index is -1.96. The van der Waals surface area contributed by atoms with E-state index in [4.69, 9.17) is 0 Å². The number of rotatable bonds is 4. The van der Waals surface area contributed by atoms with Gasteiger partial charge in [0, 0.05) is 0 Å². The molecule has 2 aromatic rings. The first-order valence-corrected chi connectivity index (χ1v) is 14.9. The molecule has 0 amide bonds. The molecule has 2 rings (SSSR count). The molecule has 0 aliphatic carbocycles. The van der Waals surface area contributed by atoms with Gasteiger partial charge in [-0.2, -0.15) is 0 Å². The fourth-order valence-electron chi connectivity index (χ4n) is 2.60. The number of aromatic nitrogens is 1. The van der Waals surface area contributed by atoms with E-state index in [2.05, 4.69) is 42.2 Å². The number of halogens is 1. The molecule has 0 saturated heterocycles. The molecule has 0 saturated carbocycles. The van der Waals surface area contributed by atoms with Gasteiger partial charge < -0.3 is 0 Å². The molecule has 1 nitrogen and oxygen atoms in total. The molecular weight excluding hydrogens is 322 g/mol. The van der Waals surface area contributed by atoms with E-state index in [0.29, 0.717) is 11.5 Å². The van der Waals surface area contributed by atoms with E-state index >= 15 is 0 Å². The van der Waals surface area contributed by atoms with Gasteiger partial charge in [-0.05, 0) is 0 Å². The summed E-state index contributed by atoms with van der Waals surface area (Å²) in [6, 6.07) is 8.97. The molecule has 0 spiro atoms. The first kappa shape index (κ1) is 16.2. The molecule has 0 atom stereocenters. The molecule has 21 heavy (non-hydrogen) atoms. The Labute approximate surface area is 130 Å². The Kier molecular flexibility index (Phi) is 4.87. The summed E-state index contributed by atoms with van der Waals surface area (Å²) in [7, 11) is 0. The van der Waals surface area contributed by atoms with Crippen LogP contribution in [-0.4, -0.2) is 18.3 Å². The molecule has 112 valence electrons. The zero-order valence-electron chi connectivity index (χ0n) is 13.6. The van der Waals surface area contributed by atoms with E-state index in [-0.39, 0.29) is 5.82 Å². The monoisotopic (exact) mass is 347 g/mol. The SMILES string of the molecule is CC(C)Cc1cc(-c2ccccc2F)nc[c]1[Ge]([CH3])([CH3])[CH3]. The van der Waals surface area contributed by atoms with Crippen molar-refractivity contribution in [2.24, 2.45) is 5.92 Å². The van der Waals surface area contributed by atoms with Crippen LogP contribution in [0.5, 0.6) is 0 Å². The predicted molar refractivity (Wildman–Crippen MR) is 91.2 cm³/mol. The summed E-state index contributed by atoms with van der Waals surface area (Å²) in [6.07, 6.45) is 3.03. The van der Waals surface area contributed by atoms with E-state index in [1.54, 1.807) is 12.1 Å². The summed E-state index contributed by atoms with van der Waals surface area (Å²) in [5.74, 6) is 7.52. The Bertz CT molecular complexity index is 629. The predicted octanol–water partition coefficient (Wildman–Crippen LogP) is 4.63. The second-order valence-corrected chi connectivity index (χ2v) is 17.6. The molecule has 0 fully saturated rings. The Morgan fingerprint density at radius 3 is 2.38 bits per heavy atom. The number of hydrogen-bond donors (Lipinski definition) is 0. The number of hydrogen-bond acceptors (Lipinski definition) is 1. The second-order valence-electron chi connectivity index (χ2n) is 7.05. The summed E-state index contributed by atoms with van der Waals surface area (Å²) in [4.78, 5) is 4.55. The van der Waals surface area contributed by atoms with Gasteiger partial charge >= 0.3 is 130 Å². The van der Waals surface area contributed by atoms with Gasteiger partial charge in [-0.15, -0.1) is 0 Å². The van der Waals surface area contributed by atoms with Gasteiger partial charge in [-0.25, -0.2) is 0 Å². The van der Waals surface area contributed by atoms with Gasteiger partial charge in [0.05, 0.1) is 0 Å². The normalized spacial score (nSPS) is 12.0. The van der Waals surface area contributed by atoms with Crippen LogP contribution in [0, 0.1) is 11.7 Å². The standard InChI is InChI=1S/C18H24FGeN/c1-13(2)10-14-11-18(15-8-6-7-9-16(15)19)21-12-17(14)20(3,4)5/h6-9,11-13H,10H2,1-5H3. The van der Waals surface area contributed by atoms with E-state index in [1.807, 2.05) is 12.3 Å². The van der Waals surface area contributed by atoms with Crippen molar-refractivity contribution in [3.63, 3.8) is 0 Å². The fourth-order valence-corrected chi connectivity index (χ4v) is 5.93. The van der Waals surface area contributed by atoms with Crippen LogP contribution in [0.25, 0.3) is 11.3 Å². The molecule has 0 aliphatic heterocycles. The minimum absolute atomic E-state index is 0.203. The Hall–Kier alpha value is -1.16. The zero-order chi connectivity index (χ0) is 15.6. The van der Waals surface area contributed by atoms with Crippen molar-refractivity contribution in [2.45, 2.75) is 37.5 Å². The zero-order valence-corrected chi connectivity index (χ0v) is 15.7. The number of pyridine rings is 1. The van der Waals surface area contributed by atoms with Crippen LogP contribution in [0.2, 0.25) is 17.3 Å². The molecule has 1 heterocycles. The van der Waals surface area contributed by atoms with E-state index < -0.39 is 13.3 Å². The molecular formula is C18H24FGeN. The molecule has 1 aromatic heterocycles. The van der Waals surface area contributed by atoms with Gasteiger partial charge in [0.15, 0.2) is 0 Å². The second kappa shape index (κ2) is 6.31. The van der Waals surface area contributed by atoms with Crippen LogP contribution in [0.15, 0.2) is 36.5 Å². The van der Waals surface area contributed by atoms with E-state index in [9.17, 15) is 4.39 Å². The van der Waals surface area contributed by atoms with Gasteiger partial charge in [0.1, 0.15) is 0 Å². The third-order valence-corrected chi connectivity index (χ3v) is 7.91. The first-order chi connectivity index (χ1) is 9.79. The fraction of sp³-hybridized carbons (Fsp3) is 0.389. The average Bonchev–Trinajstić information content (AvgIpc) is 2.37. The summed E-state index contributed by atoms with van der Waals surface area (Å²) in [6.45, 7) is 4.45. The summed E-state index contributed by atoms with van der Waals surface area (Å²) in [5, 5.41) is 0. The maximum atomic E-state index is 14.0.